The molecule has 2 heterocycles. The van der Waals surface area contributed by atoms with Gasteiger partial charge < -0.3 is 9.47 Å². The maximum absolute atomic E-state index is 12.7. The Bertz CT molecular complexity index is 947. The Morgan fingerprint density at radius 1 is 0.931 bits per heavy atom. The minimum Gasteiger partial charge on any atom is -0.328 e. The lowest BCUT2D eigenvalue weighted by Crippen LogP contribution is -2.24. The third kappa shape index (κ3) is 4.36. The van der Waals surface area contributed by atoms with Crippen LogP contribution in [0.25, 0.3) is 11.0 Å². The first-order valence-electron chi connectivity index (χ1n) is 11.1. The van der Waals surface area contributed by atoms with Gasteiger partial charge in [-0.1, -0.05) is 69.4 Å². The van der Waals surface area contributed by atoms with Crippen molar-refractivity contribution < 1.29 is 4.79 Å². The van der Waals surface area contributed by atoms with Gasteiger partial charge in [0.05, 0.1) is 11.0 Å². The van der Waals surface area contributed by atoms with Crippen LogP contribution in [0.15, 0.2) is 54.6 Å². The van der Waals surface area contributed by atoms with E-state index >= 15 is 0 Å². The second kappa shape index (κ2) is 9.25. The van der Waals surface area contributed by atoms with Crippen LogP contribution in [0.4, 0.5) is 5.69 Å². The highest BCUT2D eigenvalue weighted by Crippen LogP contribution is 2.33. The molecule has 1 amide bonds. The molecule has 1 aliphatic rings. The number of nitrogens with zero attached hydrogens (tertiary/aromatic N) is 3. The van der Waals surface area contributed by atoms with Crippen LogP contribution < -0.4 is 4.90 Å². The normalized spacial score (nSPS) is 16.8. The van der Waals surface area contributed by atoms with Gasteiger partial charge in [0.1, 0.15) is 5.82 Å². The number of para-hydroxylation sites is 3. The minimum atomic E-state index is 0.148. The predicted octanol–water partition coefficient (Wildman–Crippen LogP) is 5.92. The zero-order chi connectivity index (χ0) is 20.1. The van der Waals surface area contributed by atoms with E-state index in [1.165, 1.54) is 44.0 Å². The molecule has 152 valence electrons. The van der Waals surface area contributed by atoms with Gasteiger partial charge in [-0.3, -0.25) is 4.79 Å². The van der Waals surface area contributed by atoms with Crippen molar-refractivity contribution in [2.45, 2.75) is 64.3 Å². The number of carbonyl (C=O) groups excluding carboxylic acids is 1. The van der Waals surface area contributed by atoms with Gasteiger partial charge in [0.25, 0.3) is 0 Å². The number of hydrogen-bond donors (Lipinski definition) is 0. The monoisotopic (exact) mass is 389 g/mol. The Labute approximate surface area is 173 Å². The van der Waals surface area contributed by atoms with E-state index in [-0.39, 0.29) is 11.8 Å². The number of hydrogen-bond acceptors (Lipinski definition) is 2. The van der Waals surface area contributed by atoms with E-state index in [4.69, 9.17) is 4.98 Å². The topological polar surface area (TPSA) is 38.1 Å². The van der Waals surface area contributed by atoms with Crippen LogP contribution >= 0.6 is 0 Å². The lowest BCUT2D eigenvalue weighted by Gasteiger charge is -2.17. The lowest BCUT2D eigenvalue weighted by molar-refractivity contribution is -0.117. The van der Waals surface area contributed by atoms with Gasteiger partial charge in [-0.2, -0.15) is 0 Å². The van der Waals surface area contributed by atoms with E-state index in [0.29, 0.717) is 13.0 Å². The quantitative estimate of drug-likeness (QED) is 0.426. The summed E-state index contributed by atoms with van der Waals surface area (Å²) in [6, 6.07) is 18.4. The summed E-state index contributed by atoms with van der Waals surface area (Å²) < 4.78 is 2.38. The molecule has 4 heteroatoms. The van der Waals surface area contributed by atoms with Crippen molar-refractivity contribution in [3.8, 4) is 0 Å². The molecule has 0 N–H and O–H groups in total. The Kier molecular flexibility index (Phi) is 6.28. The maximum Gasteiger partial charge on any atom is 0.227 e. The van der Waals surface area contributed by atoms with Crippen LogP contribution in [0.3, 0.4) is 0 Å². The first-order valence-corrected chi connectivity index (χ1v) is 11.1. The number of aromatic nitrogens is 2. The van der Waals surface area contributed by atoms with Crippen LogP contribution in [-0.4, -0.2) is 22.0 Å². The molecular weight excluding hydrogens is 358 g/mol. The molecule has 0 spiro atoms. The second-order valence-corrected chi connectivity index (χ2v) is 8.12. The fourth-order valence-corrected chi connectivity index (χ4v) is 4.43. The predicted molar refractivity (Wildman–Crippen MR) is 119 cm³/mol. The first-order chi connectivity index (χ1) is 14.3. The fourth-order valence-electron chi connectivity index (χ4n) is 4.43. The molecule has 0 unspecified atom stereocenters. The Balaban J connectivity index is 1.53. The largest absolute Gasteiger partial charge is 0.328 e. The number of benzene rings is 2. The van der Waals surface area contributed by atoms with Gasteiger partial charge in [-0.05, 0) is 30.7 Å². The summed E-state index contributed by atoms with van der Waals surface area (Å²) in [7, 11) is 0. The molecule has 2 aromatic carbocycles. The first kappa shape index (κ1) is 19.7. The Hall–Kier alpha value is -2.62. The van der Waals surface area contributed by atoms with Crippen LogP contribution in [-0.2, 0) is 11.3 Å². The molecule has 0 saturated carbocycles. The highest BCUT2D eigenvalue weighted by atomic mass is 16.2. The summed E-state index contributed by atoms with van der Waals surface area (Å²) in [5.41, 5.74) is 3.22. The van der Waals surface area contributed by atoms with Crippen LogP contribution in [0.1, 0.15) is 63.6 Å². The molecule has 0 radical (unpaired) electrons. The van der Waals surface area contributed by atoms with E-state index in [1.54, 1.807) is 0 Å². The van der Waals surface area contributed by atoms with Crippen molar-refractivity contribution in [2.75, 3.05) is 11.4 Å². The smallest absolute Gasteiger partial charge is 0.227 e. The lowest BCUT2D eigenvalue weighted by atomic mass is 10.1. The standard InChI is InChI=1S/C25H31N3O/c1-2-3-4-5-6-12-17-27-23-16-11-10-15-22(23)26-25(27)20-18-24(29)28(19-20)21-13-8-7-9-14-21/h7-11,13-16,20H,2-6,12,17-19H2,1H3/t20-/m0/s1. The van der Waals surface area contributed by atoms with Crippen molar-refractivity contribution >= 4 is 22.6 Å². The van der Waals surface area contributed by atoms with Crippen molar-refractivity contribution in [3.63, 3.8) is 0 Å². The number of amides is 1. The van der Waals surface area contributed by atoms with Gasteiger partial charge in [0, 0.05) is 31.1 Å². The van der Waals surface area contributed by atoms with Gasteiger partial charge in [-0.15, -0.1) is 0 Å². The number of fused-ring (bicyclic) bond motifs is 1. The number of imidazole rings is 1. The number of aryl methyl sites for hydroxylation is 1. The summed E-state index contributed by atoms with van der Waals surface area (Å²) >= 11 is 0. The third-order valence-electron chi connectivity index (χ3n) is 5.98. The fraction of sp³-hybridized carbons (Fsp3) is 0.440. The Morgan fingerprint density at radius 2 is 1.66 bits per heavy atom. The highest BCUT2D eigenvalue weighted by Gasteiger charge is 2.34. The molecule has 1 aromatic heterocycles. The molecule has 4 rings (SSSR count). The average Bonchev–Trinajstić information content (AvgIpc) is 3.32. The van der Waals surface area contributed by atoms with Gasteiger partial charge >= 0.3 is 0 Å². The SMILES string of the molecule is CCCCCCCCn1c([C@H]2CC(=O)N(c3ccccc3)C2)nc2ccccc21. The average molecular weight is 390 g/mol. The van der Waals surface area contributed by atoms with Crippen LogP contribution in [0, 0.1) is 0 Å². The summed E-state index contributed by atoms with van der Waals surface area (Å²) in [6.45, 7) is 3.95. The van der Waals surface area contributed by atoms with E-state index in [2.05, 4.69) is 29.7 Å². The zero-order valence-corrected chi connectivity index (χ0v) is 17.4. The highest BCUT2D eigenvalue weighted by molar-refractivity contribution is 5.96. The van der Waals surface area contributed by atoms with Gasteiger partial charge in [-0.25, -0.2) is 4.98 Å². The van der Waals surface area contributed by atoms with Crippen molar-refractivity contribution in [1.82, 2.24) is 9.55 Å². The molecular formula is C25H31N3O. The third-order valence-corrected chi connectivity index (χ3v) is 5.98. The summed E-state index contributed by atoms with van der Waals surface area (Å²) in [6.07, 6.45) is 8.21. The molecule has 29 heavy (non-hydrogen) atoms. The van der Waals surface area contributed by atoms with Crippen molar-refractivity contribution in [3.05, 3.63) is 60.4 Å². The molecule has 1 atom stereocenters. The summed E-state index contributed by atoms with van der Waals surface area (Å²) in [4.78, 5) is 19.6. The molecule has 0 bridgehead atoms. The Morgan fingerprint density at radius 3 is 2.48 bits per heavy atom. The van der Waals surface area contributed by atoms with E-state index in [9.17, 15) is 4.79 Å². The maximum atomic E-state index is 12.7. The van der Waals surface area contributed by atoms with Crippen LogP contribution in [0.5, 0.6) is 0 Å². The minimum absolute atomic E-state index is 0.148. The zero-order valence-electron chi connectivity index (χ0n) is 17.4. The van der Waals surface area contributed by atoms with Gasteiger partial charge in [0.15, 0.2) is 0 Å². The number of carbonyl (C=O) groups is 1. The molecule has 1 saturated heterocycles. The number of rotatable bonds is 9. The summed E-state index contributed by atoms with van der Waals surface area (Å²) in [5, 5.41) is 0. The van der Waals surface area contributed by atoms with E-state index in [0.717, 1.165) is 23.6 Å². The molecule has 1 fully saturated rings. The van der Waals surface area contributed by atoms with E-state index < -0.39 is 0 Å². The second-order valence-electron chi connectivity index (χ2n) is 8.12. The molecule has 4 nitrogen and oxygen atoms in total. The molecule has 3 aromatic rings. The summed E-state index contributed by atoms with van der Waals surface area (Å²) in [5.74, 6) is 1.42. The van der Waals surface area contributed by atoms with E-state index in [1.807, 2.05) is 41.3 Å². The van der Waals surface area contributed by atoms with Crippen LogP contribution in [0.2, 0.25) is 0 Å². The molecule has 0 aliphatic carbocycles. The van der Waals surface area contributed by atoms with Gasteiger partial charge in [0.2, 0.25) is 5.91 Å². The van der Waals surface area contributed by atoms with Crippen molar-refractivity contribution in [2.24, 2.45) is 0 Å². The number of anilines is 1. The van der Waals surface area contributed by atoms with Crippen molar-refractivity contribution in [1.29, 1.82) is 0 Å². The molecule has 1 aliphatic heterocycles. The number of unbranched alkanes of at least 4 members (excludes halogenated alkanes) is 5.